The predicted molar refractivity (Wildman–Crippen MR) is 136 cm³/mol. The summed E-state index contributed by atoms with van der Waals surface area (Å²) in [6.45, 7) is 12.2. The summed E-state index contributed by atoms with van der Waals surface area (Å²) in [6.07, 6.45) is 0.551. The second-order valence-corrected chi connectivity index (χ2v) is 10.8. The van der Waals surface area contributed by atoms with E-state index >= 15 is 0 Å². The molecule has 0 saturated carbocycles. The van der Waals surface area contributed by atoms with Crippen LogP contribution in [0.3, 0.4) is 0 Å². The van der Waals surface area contributed by atoms with Gasteiger partial charge in [-0.25, -0.2) is 4.79 Å². The number of aromatic nitrogens is 2. The zero-order valence-electron chi connectivity index (χ0n) is 21.6. The van der Waals surface area contributed by atoms with Crippen molar-refractivity contribution in [2.45, 2.75) is 65.1 Å². The van der Waals surface area contributed by atoms with Crippen molar-refractivity contribution in [3.05, 3.63) is 58.3 Å². The van der Waals surface area contributed by atoms with Crippen LogP contribution in [0.5, 0.6) is 0 Å². The Labute approximate surface area is 209 Å². The smallest absolute Gasteiger partial charge is 0.435 e. The minimum atomic E-state index is -1.09. The molecule has 10 nitrogen and oxygen atoms in total. The van der Waals surface area contributed by atoms with Crippen LogP contribution >= 0.6 is 0 Å². The molecule has 0 bridgehead atoms. The van der Waals surface area contributed by atoms with E-state index in [1.165, 1.54) is 6.20 Å². The molecule has 10 heteroatoms. The summed E-state index contributed by atoms with van der Waals surface area (Å²) in [5.74, 6) is -0.452. The van der Waals surface area contributed by atoms with E-state index < -0.39 is 33.6 Å². The van der Waals surface area contributed by atoms with Crippen molar-refractivity contribution in [3.63, 3.8) is 0 Å². The number of esters is 1. The summed E-state index contributed by atoms with van der Waals surface area (Å²) in [5.41, 5.74) is 5.05. The molecular formula is C26H32N4O6. The number of rotatable bonds is 5. The fourth-order valence-electron chi connectivity index (χ4n) is 3.69. The van der Waals surface area contributed by atoms with E-state index in [0.717, 1.165) is 4.68 Å². The highest BCUT2D eigenvalue weighted by Gasteiger charge is 2.38. The Morgan fingerprint density at radius 3 is 2.06 bits per heavy atom. The number of carbonyl (C=O) groups excluding carboxylic acids is 2. The molecular weight excluding hydrogens is 464 g/mol. The SMILES string of the molecule is CC(C)(C)OC(=O)n1ncc2c([N+](=O)[O-])c(-c3ccc(C(C)(CN)C(=O)OC(C)(C)C)cc3)ccc21. The third kappa shape index (κ3) is 5.38. The largest absolute Gasteiger partial charge is 0.459 e. The fourth-order valence-corrected chi connectivity index (χ4v) is 3.69. The fraction of sp³-hybridized carbons (Fsp3) is 0.423. The number of hydrogen-bond acceptors (Lipinski definition) is 8. The van der Waals surface area contributed by atoms with Crippen LogP contribution in [0.25, 0.3) is 22.0 Å². The first kappa shape index (κ1) is 26.8. The maximum atomic E-state index is 12.9. The first-order chi connectivity index (χ1) is 16.6. The van der Waals surface area contributed by atoms with Gasteiger partial charge in [0.15, 0.2) is 0 Å². The second-order valence-electron chi connectivity index (χ2n) is 10.8. The van der Waals surface area contributed by atoms with E-state index in [0.29, 0.717) is 16.7 Å². The van der Waals surface area contributed by atoms with Crippen LogP contribution < -0.4 is 5.73 Å². The average molecular weight is 497 g/mol. The van der Waals surface area contributed by atoms with E-state index in [1.54, 1.807) is 84.9 Å². The lowest BCUT2D eigenvalue weighted by atomic mass is 9.81. The Morgan fingerprint density at radius 1 is 0.972 bits per heavy atom. The van der Waals surface area contributed by atoms with Gasteiger partial charge in [0.05, 0.1) is 27.6 Å². The Kier molecular flexibility index (Phi) is 6.96. The normalized spacial score (nSPS) is 13.8. The van der Waals surface area contributed by atoms with Crippen molar-refractivity contribution < 1.29 is 24.0 Å². The summed E-state index contributed by atoms with van der Waals surface area (Å²) in [5, 5.41) is 16.3. The number of ether oxygens (including phenoxy) is 2. The number of nitro groups is 1. The molecule has 3 aromatic rings. The maximum absolute atomic E-state index is 12.9. The lowest BCUT2D eigenvalue weighted by molar-refractivity contribution is -0.382. The van der Waals surface area contributed by atoms with Gasteiger partial charge in [0.1, 0.15) is 16.6 Å². The molecule has 0 aliphatic carbocycles. The zero-order valence-corrected chi connectivity index (χ0v) is 21.6. The Morgan fingerprint density at radius 2 is 1.56 bits per heavy atom. The molecule has 0 fully saturated rings. The van der Waals surface area contributed by atoms with Gasteiger partial charge in [0.25, 0.3) is 5.69 Å². The highest BCUT2D eigenvalue weighted by molar-refractivity contribution is 5.99. The summed E-state index contributed by atoms with van der Waals surface area (Å²) >= 11 is 0. The Hall–Kier alpha value is -3.79. The third-order valence-electron chi connectivity index (χ3n) is 5.56. The molecule has 0 saturated heterocycles. The molecule has 2 N–H and O–H groups in total. The lowest BCUT2D eigenvalue weighted by Crippen LogP contribution is -2.44. The summed E-state index contributed by atoms with van der Waals surface area (Å²) < 4.78 is 11.9. The van der Waals surface area contributed by atoms with E-state index in [-0.39, 0.29) is 23.1 Å². The van der Waals surface area contributed by atoms with Crippen LogP contribution in [0.4, 0.5) is 10.5 Å². The van der Waals surface area contributed by atoms with E-state index in [2.05, 4.69) is 5.10 Å². The van der Waals surface area contributed by atoms with Crippen LogP contribution in [-0.2, 0) is 19.7 Å². The number of nitrogens with zero attached hydrogens (tertiary/aromatic N) is 3. The van der Waals surface area contributed by atoms with Gasteiger partial charge in [-0.2, -0.15) is 9.78 Å². The topological polar surface area (TPSA) is 140 Å². The summed E-state index contributed by atoms with van der Waals surface area (Å²) in [4.78, 5) is 37.0. The minimum Gasteiger partial charge on any atom is -0.459 e. The second kappa shape index (κ2) is 9.34. The van der Waals surface area contributed by atoms with Crippen molar-refractivity contribution in [3.8, 4) is 11.1 Å². The van der Waals surface area contributed by atoms with Gasteiger partial charge in [-0.1, -0.05) is 24.3 Å². The van der Waals surface area contributed by atoms with Gasteiger partial charge in [-0.05, 0) is 71.7 Å². The number of nitro benzene ring substituents is 1. The van der Waals surface area contributed by atoms with Crippen molar-refractivity contribution in [1.82, 2.24) is 9.78 Å². The molecule has 2 aromatic carbocycles. The number of nitrogens with two attached hydrogens (primary N) is 1. The van der Waals surface area contributed by atoms with Crippen molar-refractivity contribution in [1.29, 1.82) is 0 Å². The molecule has 1 heterocycles. The number of benzene rings is 2. The zero-order chi connectivity index (χ0) is 27.1. The molecule has 36 heavy (non-hydrogen) atoms. The molecule has 1 unspecified atom stereocenters. The number of carbonyl (C=O) groups is 2. The van der Waals surface area contributed by atoms with Gasteiger partial charge < -0.3 is 15.2 Å². The van der Waals surface area contributed by atoms with Crippen molar-refractivity contribution >= 4 is 28.7 Å². The molecule has 0 aliphatic rings. The summed E-state index contributed by atoms with van der Waals surface area (Å²) in [7, 11) is 0. The predicted octanol–water partition coefficient (Wildman–Crippen LogP) is 4.95. The van der Waals surface area contributed by atoms with Crippen LogP contribution in [0.15, 0.2) is 42.6 Å². The summed E-state index contributed by atoms with van der Waals surface area (Å²) in [6, 6.07) is 9.97. The number of hydrogen-bond donors (Lipinski definition) is 1. The van der Waals surface area contributed by atoms with Gasteiger partial charge in [-0.15, -0.1) is 0 Å². The highest BCUT2D eigenvalue weighted by atomic mass is 16.6. The molecule has 0 aliphatic heterocycles. The molecule has 0 spiro atoms. The Bertz CT molecular complexity index is 1320. The number of fused-ring (bicyclic) bond motifs is 1. The van der Waals surface area contributed by atoms with Crippen LogP contribution in [0.1, 0.15) is 54.0 Å². The van der Waals surface area contributed by atoms with Gasteiger partial charge in [0.2, 0.25) is 0 Å². The quantitative estimate of drug-likeness (QED) is 0.297. The third-order valence-corrected chi connectivity index (χ3v) is 5.56. The van der Waals surface area contributed by atoms with E-state index in [4.69, 9.17) is 15.2 Å². The van der Waals surface area contributed by atoms with Crippen LogP contribution in [0.2, 0.25) is 0 Å². The van der Waals surface area contributed by atoms with Gasteiger partial charge >= 0.3 is 12.1 Å². The molecule has 1 atom stereocenters. The standard InChI is InChI=1S/C26H32N4O6/c1-24(2,3)35-22(31)26(7,15-27)17-10-8-16(9-11-17)18-12-13-20-19(21(18)30(33)34)14-28-29(20)23(32)36-25(4,5)6/h8-14H,15,27H2,1-7H3. The van der Waals surface area contributed by atoms with Crippen LogP contribution in [-0.4, -0.2) is 44.5 Å². The lowest BCUT2D eigenvalue weighted by Gasteiger charge is -2.31. The molecule has 1 aromatic heterocycles. The van der Waals surface area contributed by atoms with E-state index in [1.807, 2.05) is 0 Å². The first-order valence-electron chi connectivity index (χ1n) is 11.5. The average Bonchev–Trinajstić information content (AvgIpc) is 3.19. The molecule has 192 valence electrons. The van der Waals surface area contributed by atoms with E-state index in [9.17, 15) is 19.7 Å². The monoisotopic (exact) mass is 496 g/mol. The molecule has 0 radical (unpaired) electrons. The van der Waals surface area contributed by atoms with Crippen molar-refractivity contribution in [2.75, 3.05) is 6.54 Å². The van der Waals surface area contributed by atoms with Gasteiger partial charge in [-0.3, -0.25) is 14.9 Å². The minimum absolute atomic E-state index is 0.0250. The van der Waals surface area contributed by atoms with Crippen LogP contribution in [0, 0.1) is 10.1 Å². The highest BCUT2D eigenvalue weighted by Crippen LogP contribution is 2.38. The molecule has 3 rings (SSSR count). The molecule has 0 amide bonds. The first-order valence-corrected chi connectivity index (χ1v) is 11.5. The van der Waals surface area contributed by atoms with Crippen molar-refractivity contribution in [2.24, 2.45) is 5.73 Å². The maximum Gasteiger partial charge on any atom is 0.435 e. The van der Waals surface area contributed by atoms with Gasteiger partial charge in [0, 0.05) is 6.54 Å². The Balaban J connectivity index is 2.05.